The first-order chi connectivity index (χ1) is 18.4. The Bertz CT molecular complexity index is 1380. The van der Waals surface area contributed by atoms with Crippen molar-refractivity contribution in [2.24, 2.45) is 11.3 Å². The molecule has 3 aliphatic heterocycles. The highest BCUT2D eigenvalue weighted by molar-refractivity contribution is 7.14. The number of hydrogen-bond donors (Lipinski definition) is 0. The summed E-state index contributed by atoms with van der Waals surface area (Å²) in [5.74, 6) is 1.77. The molecule has 4 aliphatic rings. The van der Waals surface area contributed by atoms with Gasteiger partial charge in [-0.05, 0) is 91.3 Å². The van der Waals surface area contributed by atoms with Crippen molar-refractivity contribution < 1.29 is 9.47 Å². The number of rotatable bonds is 6. The van der Waals surface area contributed by atoms with Crippen LogP contribution in [0, 0.1) is 32.1 Å². The number of aromatic nitrogens is 1. The minimum absolute atomic E-state index is 0.583. The zero-order valence-corrected chi connectivity index (χ0v) is 24.0. The predicted molar refractivity (Wildman–Crippen MR) is 154 cm³/mol. The molecular weight excluding hydrogens is 490 g/mol. The molecule has 0 N–H and O–H groups in total. The number of fused-ring (bicyclic) bond motifs is 2. The van der Waals surface area contributed by atoms with Gasteiger partial charge in [-0.15, -0.1) is 11.3 Å². The molecule has 7 rings (SSSR count). The maximum atomic E-state index is 6.56. The van der Waals surface area contributed by atoms with E-state index in [1.54, 1.807) is 11.3 Å². The number of thiazole rings is 1. The summed E-state index contributed by atoms with van der Waals surface area (Å²) < 4.78 is 12.0. The predicted octanol–water partition coefficient (Wildman–Crippen LogP) is 6.31. The highest BCUT2D eigenvalue weighted by atomic mass is 32.1. The van der Waals surface area contributed by atoms with Crippen molar-refractivity contribution >= 4 is 16.5 Å². The first-order valence-electron chi connectivity index (χ1n) is 14.2. The summed E-state index contributed by atoms with van der Waals surface area (Å²) in [6, 6.07) is 9.45. The molecule has 4 heterocycles. The number of nitrogens with zero attached hydrogens (tertiary/aromatic N) is 3. The van der Waals surface area contributed by atoms with Crippen molar-refractivity contribution in [2.45, 2.75) is 66.2 Å². The third kappa shape index (κ3) is 4.35. The number of anilines is 1. The van der Waals surface area contributed by atoms with E-state index in [0.29, 0.717) is 18.1 Å². The monoisotopic (exact) mass is 529 g/mol. The van der Waals surface area contributed by atoms with Crippen LogP contribution >= 0.6 is 11.3 Å². The minimum Gasteiger partial charge on any atom is -0.488 e. The fourth-order valence-corrected chi connectivity index (χ4v) is 7.64. The van der Waals surface area contributed by atoms with Crippen LogP contribution in [0.15, 0.2) is 29.6 Å². The fourth-order valence-electron chi connectivity index (χ4n) is 6.78. The molecule has 0 amide bonds. The van der Waals surface area contributed by atoms with Crippen LogP contribution < -0.4 is 9.64 Å². The van der Waals surface area contributed by atoms with Crippen molar-refractivity contribution in [3.05, 3.63) is 63.0 Å². The van der Waals surface area contributed by atoms with E-state index in [1.807, 2.05) is 0 Å². The van der Waals surface area contributed by atoms with Gasteiger partial charge in [0.25, 0.3) is 0 Å². The Labute approximate surface area is 230 Å². The molecule has 0 bridgehead atoms. The molecule has 2 aromatic carbocycles. The van der Waals surface area contributed by atoms with Crippen molar-refractivity contribution in [3.8, 4) is 17.0 Å². The summed E-state index contributed by atoms with van der Waals surface area (Å²) in [6.45, 7) is 15.9. The number of ether oxygens (including phenoxy) is 2. The number of hydrogen-bond acceptors (Lipinski definition) is 6. The van der Waals surface area contributed by atoms with Crippen LogP contribution in [0.3, 0.4) is 0 Å². The van der Waals surface area contributed by atoms with Crippen LogP contribution in [-0.2, 0) is 24.3 Å². The normalized spacial score (nSPS) is 25.1. The third-order valence-electron chi connectivity index (χ3n) is 9.80. The van der Waals surface area contributed by atoms with Crippen LogP contribution in [0.1, 0.15) is 53.1 Å². The summed E-state index contributed by atoms with van der Waals surface area (Å²) in [6.07, 6.45) is 3.78. The van der Waals surface area contributed by atoms with Gasteiger partial charge in [0, 0.05) is 37.1 Å². The molecule has 2 unspecified atom stereocenters. The Morgan fingerprint density at radius 1 is 1.13 bits per heavy atom. The lowest BCUT2D eigenvalue weighted by atomic mass is 9.88. The van der Waals surface area contributed by atoms with E-state index in [9.17, 15) is 0 Å². The van der Waals surface area contributed by atoms with Gasteiger partial charge in [-0.3, -0.25) is 4.90 Å². The molecule has 6 heteroatoms. The molecule has 2 saturated heterocycles. The molecule has 5 nitrogen and oxygen atoms in total. The Morgan fingerprint density at radius 3 is 2.79 bits per heavy atom. The topological polar surface area (TPSA) is 37.8 Å². The van der Waals surface area contributed by atoms with Gasteiger partial charge >= 0.3 is 0 Å². The van der Waals surface area contributed by atoms with Gasteiger partial charge in [-0.2, -0.15) is 0 Å². The molecule has 0 spiro atoms. The maximum absolute atomic E-state index is 6.56. The quantitative estimate of drug-likeness (QED) is 0.374. The Morgan fingerprint density at radius 2 is 2.00 bits per heavy atom. The second-order valence-electron chi connectivity index (χ2n) is 12.4. The van der Waals surface area contributed by atoms with Crippen LogP contribution in [0.5, 0.6) is 5.75 Å². The van der Waals surface area contributed by atoms with Gasteiger partial charge in [0.05, 0.1) is 24.9 Å². The lowest BCUT2D eigenvalue weighted by molar-refractivity contribution is -0.0695. The van der Waals surface area contributed by atoms with Crippen LogP contribution in [0.4, 0.5) is 5.13 Å². The first kappa shape index (κ1) is 24.6. The van der Waals surface area contributed by atoms with Gasteiger partial charge in [-0.25, -0.2) is 4.98 Å². The van der Waals surface area contributed by atoms with Gasteiger partial charge < -0.3 is 14.4 Å². The van der Waals surface area contributed by atoms with Gasteiger partial charge in [0.1, 0.15) is 12.4 Å². The number of aryl methyl sites for hydroxylation is 2. The largest absolute Gasteiger partial charge is 0.488 e. The first-order valence-corrected chi connectivity index (χ1v) is 15.1. The molecule has 1 aromatic heterocycles. The van der Waals surface area contributed by atoms with E-state index in [0.717, 1.165) is 73.9 Å². The van der Waals surface area contributed by atoms with E-state index < -0.39 is 0 Å². The van der Waals surface area contributed by atoms with Crippen molar-refractivity contribution in [1.29, 1.82) is 0 Å². The summed E-state index contributed by atoms with van der Waals surface area (Å²) >= 11 is 1.77. The molecule has 38 heavy (non-hydrogen) atoms. The lowest BCUT2D eigenvalue weighted by Crippen LogP contribution is -2.50. The number of benzene rings is 2. The number of piperidine rings is 1. The Kier molecular flexibility index (Phi) is 6.06. The molecule has 0 radical (unpaired) electrons. The Balaban J connectivity index is 1.10. The maximum Gasteiger partial charge on any atom is 0.185 e. The van der Waals surface area contributed by atoms with Gasteiger partial charge in [-0.1, -0.05) is 24.6 Å². The summed E-state index contributed by atoms with van der Waals surface area (Å²) in [5, 5.41) is 3.37. The lowest BCUT2D eigenvalue weighted by Gasteiger charge is -2.41. The van der Waals surface area contributed by atoms with E-state index in [4.69, 9.17) is 14.5 Å². The average Bonchev–Trinajstić information content (AvgIpc) is 3.31. The highest BCUT2D eigenvalue weighted by Gasteiger charge is 2.52. The van der Waals surface area contributed by atoms with E-state index >= 15 is 0 Å². The van der Waals surface area contributed by atoms with Crippen LogP contribution in [0.2, 0.25) is 0 Å². The zero-order chi connectivity index (χ0) is 26.0. The molecular formula is C32H39N3O2S. The molecule has 1 aliphatic carbocycles. The average molecular weight is 530 g/mol. The summed E-state index contributed by atoms with van der Waals surface area (Å²) in [7, 11) is 0. The molecule has 1 saturated carbocycles. The zero-order valence-electron chi connectivity index (χ0n) is 23.2. The second kappa shape index (κ2) is 9.35. The SMILES string of the molecule is Cc1ccc(OCc2cc(C)c3c(c2C)CCN(C2COC2)C3)c(-c2csc(N3CCC4(C)CC4C3)n2)c1. The van der Waals surface area contributed by atoms with Crippen molar-refractivity contribution in [2.75, 3.05) is 37.7 Å². The van der Waals surface area contributed by atoms with Crippen molar-refractivity contribution in [3.63, 3.8) is 0 Å². The third-order valence-corrected chi connectivity index (χ3v) is 10.7. The van der Waals surface area contributed by atoms with E-state index in [1.165, 1.54) is 46.2 Å². The Hall–Kier alpha value is -2.41. The summed E-state index contributed by atoms with van der Waals surface area (Å²) in [5.41, 5.74) is 11.1. The van der Waals surface area contributed by atoms with Gasteiger partial charge in [0.2, 0.25) is 0 Å². The van der Waals surface area contributed by atoms with Gasteiger partial charge in [0.15, 0.2) is 5.13 Å². The molecule has 200 valence electrons. The van der Waals surface area contributed by atoms with Crippen LogP contribution in [-0.4, -0.2) is 48.8 Å². The van der Waals surface area contributed by atoms with E-state index in [-0.39, 0.29) is 0 Å². The molecule has 3 aromatic rings. The summed E-state index contributed by atoms with van der Waals surface area (Å²) in [4.78, 5) is 10.2. The van der Waals surface area contributed by atoms with Crippen LogP contribution in [0.25, 0.3) is 11.3 Å². The second-order valence-corrected chi connectivity index (χ2v) is 13.2. The minimum atomic E-state index is 0.583. The smallest absolute Gasteiger partial charge is 0.185 e. The fraction of sp³-hybridized carbons (Fsp3) is 0.531. The molecule has 2 atom stereocenters. The van der Waals surface area contributed by atoms with Crippen molar-refractivity contribution in [1.82, 2.24) is 9.88 Å². The highest BCUT2D eigenvalue weighted by Crippen LogP contribution is 2.58. The molecule has 3 fully saturated rings. The standard InChI is InChI=1S/C32H39N3O2S/c1-20-5-6-30(27(11-20)29-19-38-31(33-29)35-10-8-32(4)13-24(32)14-35)37-16-23-12-21(2)28-15-34(25-17-36-18-25)9-7-26(28)22(23)3/h5-6,11-12,19,24-25H,7-10,13-18H2,1-4H3. The van der Waals surface area contributed by atoms with E-state index in [2.05, 4.69) is 67.1 Å².